The second-order valence-corrected chi connectivity index (χ2v) is 5.22. The predicted octanol–water partition coefficient (Wildman–Crippen LogP) is 4.68. The summed E-state index contributed by atoms with van der Waals surface area (Å²) in [6.07, 6.45) is -1.98. The number of hydrogen-bond acceptors (Lipinski definition) is 1. The van der Waals surface area contributed by atoms with Gasteiger partial charge in [-0.05, 0) is 43.4 Å². The van der Waals surface area contributed by atoms with Gasteiger partial charge in [0, 0.05) is 24.7 Å². The maximum atomic E-state index is 13.0. The molecule has 1 aliphatic rings. The van der Waals surface area contributed by atoms with Crippen molar-refractivity contribution < 1.29 is 13.2 Å². The molecule has 0 aliphatic heterocycles. The summed E-state index contributed by atoms with van der Waals surface area (Å²) in [5, 5.41) is 0. The minimum atomic E-state index is -4.35. The van der Waals surface area contributed by atoms with Gasteiger partial charge in [-0.3, -0.25) is 0 Å². The van der Waals surface area contributed by atoms with E-state index in [-0.39, 0.29) is 11.4 Å². The van der Waals surface area contributed by atoms with Gasteiger partial charge < -0.3 is 4.90 Å². The number of anilines is 1. The molecule has 1 aliphatic carbocycles. The Kier molecular flexibility index (Phi) is 4.29. The molecule has 0 atom stereocenters. The summed E-state index contributed by atoms with van der Waals surface area (Å²) in [6, 6.07) is 4.45. The molecule has 1 aromatic rings. The zero-order valence-electron chi connectivity index (χ0n) is 10.8. The van der Waals surface area contributed by atoms with Crippen LogP contribution in [0.25, 0.3) is 0 Å². The van der Waals surface area contributed by atoms with Crippen molar-refractivity contribution in [1.29, 1.82) is 0 Å². The van der Waals surface area contributed by atoms with E-state index < -0.39 is 11.7 Å². The lowest BCUT2D eigenvalue weighted by molar-refractivity contribution is -0.138. The average Bonchev–Trinajstić information content (AvgIpc) is 3.18. The van der Waals surface area contributed by atoms with Crippen LogP contribution in [-0.2, 0) is 12.1 Å². The van der Waals surface area contributed by atoms with Gasteiger partial charge in [0.25, 0.3) is 0 Å². The van der Waals surface area contributed by atoms with Crippen molar-refractivity contribution in [2.45, 2.75) is 31.8 Å². The zero-order valence-corrected chi connectivity index (χ0v) is 11.6. The highest BCUT2D eigenvalue weighted by molar-refractivity contribution is 6.17. The predicted molar refractivity (Wildman–Crippen MR) is 71.6 cm³/mol. The van der Waals surface area contributed by atoms with E-state index in [9.17, 15) is 13.2 Å². The molecule has 0 aromatic heterocycles. The van der Waals surface area contributed by atoms with Gasteiger partial charge in [0.2, 0.25) is 0 Å². The Morgan fingerprint density at radius 2 is 2.00 bits per heavy atom. The fourth-order valence-electron chi connectivity index (χ4n) is 2.17. The van der Waals surface area contributed by atoms with Crippen LogP contribution in [-0.4, -0.2) is 13.1 Å². The van der Waals surface area contributed by atoms with Crippen LogP contribution in [0.3, 0.4) is 0 Å². The first-order chi connectivity index (χ1) is 8.95. The summed E-state index contributed by atoms with van der Waals surface area (Å²) >= 11 is 5.58. The minimum absolute atomic E-state index is 0.121. The molecule has 0 bridgehead atoms. The van der Waals surface area contributed by atoms with Crippen LogP contribution in [0.5, 0.6) is 0 Å². The lowest BCUT2D eigenvalue weighted by Crippen LogP contribution is -2.25. The zero-order chi connectivity index (χ0) is 14.0. The molecule has 0 amide bonds. The van der Waals surface area contributed by atoms with Crippen molar-refractivity contribution in [3.8, 4) is 0 Å². The molecule has 0 N–H and O–H groups in total. The van der Waals surface area contributed by atoms with Crippen LogP contribution in [0.4, 0.5) is 18.9 Å². The maximum absolute atomic E-state index is 13.0. The van der Waals surface area contributed by atoms with Gasteiger partial charge in [-0.15, -0.1) is 11.6 Å². The van der Waals surface area contributed by atoms with Crippen LogP contribution in [0, 0.1) is 5.92 Å². The number of rotatable bonds is 5. The van der Waals surface area contributed by atoms with Crippen LogP contribution in [0.15, 0.2) is 18.2 Å². The molecule has 1 nitrogen and oxygen atoms in total. The number of hydrogen-bond donors (Lipinski definition) is 0. The summed E-state index contributed by atoms with van der Waals surface area (Å²) < 4.78 is 38.9. The van der Waals surface area contributed by atoms with Crippen molar-refractivity contribution in [2.24, 2.45) is 5.92 Å². The molecular weight excluding hydrogens is 275 g/mol. The van der Waals surface area contributed by atoms with E-state index in [1.807, 2.05) is 11.8 Å². The molecule has 2 rings (SSSR count). The summed E-state index contributed by atoms with van der Waals surface area (Å²) in [5.41, 5.74) is 0.158. The third-order valence-electron chi connectivity index (χ3n) is 3.47. The first-order valence-corrected chi connectivity index (χ1v) is 7.00. The second kappa shape index (κ2) is 5.61. The number of halogens is 4. The third kappa shape index (κ3) is 3.56. The smallest absolute Gasteiger partial charge is 0.372 e. The molecule has 0 unspecified atom stereocenters. The van der Waals surface area contributed by atoms with E-state index in [2.05, 4.69) is 0 Å². The van der Waals surface area contributed by atoms with Gasteiger partial charge in [0.05, 0.1) is 5.56 Å². The first-order valence-electron chi connectivity index (χ1n) is 6.46. The van der Waals surface area contributed by atoms with Crippen molar-refractivity contribution in [3.63, 3.8) is 0 Å². The van der Waals surface area contributed by atoms with Gasteiger partial charge in [0.1, 0.15) is 0 Å². The summed E-state index contributed by atoms with van der Waals surface area (Å²) in [6.45, 7) is 3.52. The van der Waals surface area contributed by atoms with Gasteiger partial charge in [-0.25, -0.2) is 0 Å². The van der Waals surface area contributed by atoms with Crippen LogP contribution < -0.4 is 4.90 Å². The van der Waals surface area contributed by atoms with Gasteiger partial charge in [0.15, 0.2) is 0 Å². The molecule has 106 valence electrons. The highest BCUT2D eigenvalue weighted by atomic mass is 35.5. The lowest BCUT2D eigenvalue weighted by atomic mass is 10.1. The standard InChI is InChI=1S/C14H17ClF3N/c1-2-19(9-10-3-4-10)12-6-5-11(8-15)13(7-12)14(16,17)18/h5-7,10H,2-4,8-9H2,1H3. The Bertz CT molecular complexity index is 441. The topological polar surface area (TPSA) is 3.24 Å². The van der Waals surface area contributed by atoms with Crippen molar-refractivity contribution >= 4 is 17.3 Å². The summed E-state index contributed by atoms with van der Waals surface area (Å²) in [5.74, 6) is 0.520. The van der Waals surface area contributed by atoms with Crippen LogP contribution in [0.2, 0.25) is 0 Å². The van der Waals surface area contributed by atoms with E-state index in [0.717, 1.165) is 6.54 Å². The number of nitrogens with zero attached hydrogens (tertiary/aromatic N) is 1. The Hall–Kier alpha value is -0.900. The molecular formula is C14H17ClF3N. The summed E-state index contributed by atoms with van der Waals surface area (Å²) in [4.78, 5) is 2.00. The normalized spacial score (nSPS) is 15.6. The Morgan fingerprint density at radius 1 is 1.32 bits per heavy atom. The fraction of sp³-hybridized carbons (Fsp3) is 0.571. The molecule has 1 fully saturated rings. The van der Waals surface area contributed by atoms with E-state index in [1.54, 1.807) is 6.07 Å². The Balaban J connectivity index is 2.29. The molecule has 1 saturated carbocycles. The second-order valence-electron chi connectivity index (χ2n) is 4.95. The average molecular weight is 292 g/mol. The SMILES string of the molecule is CCN(CC1CC1)c1ccc(CCl)c(C(F)(F)F)c1. The molecule has 19 heavy (non-hydrogen) atoms. The van der Waals surface area contributed by atoms with Crippen molar-refractivity contribution in [1.82, 2.24) is 0 Å². The molecule has 5 heteroatoms. The Morgan fingerprint density at radius 3 is 2.47 bits per heavy atom. The molecule has 0 heterocycles. The first kappa shape index (κ1) is 14.5. The lowest BCUT2D eigenvalue weighted by Gasteiger charge is -2.24. The Labute approximate surface area is 116 Å². The molecule has 0 spiro atoms. The highest BCUT2D eigenvalue weighted by Crippen LogP contribution is 2.36. The molecule has 0 radical (unpaired) electrons. The van der Waals surface area contributed by atoms with E-state index >= 15 is 0 Å². The summed E-state index contributed by atoms with van der Waals surface area (Å²) in [7, 11) is 0. The van der Waals surface area contributed by atoms with E-state index in [0.29, 0.717) is 18.2 Å². The van der Waals surface area contributed by atoms with Gasteiger partial charge >= 0.3 is 6.18 Å². The number of alkyl halides is 4. The monoisotopic (exact) mass is 291 g/mol. The highest BCUT2D eigenvalue weighted by Gasteiger charge is 2.34. The quantitative estimate of drug-likeness (QED) is 0.712. The van der Waals surface area contributed by atoms with Crippen LogP contribution >= 0.6 is 11.6 Å². The maximum Gasteiger partial charge on any atom is 0.416 e. The molecule has 0 saturated heterocycles. The minimum Gasteiger partial charge on any atom is -0.372 e. The van der Waals surface area contributed by atoms with Gasteiger partial charge in [-0.2, -0.15) is 13.2 Å². The number of benzene rings is 1. The van der Waals surface area contributed by atoms with Gasteiger partial charge in [-0.1, -0.05) is 6.07 Å². The van der Waals surface area contributed by atoms with E-state index in [4.69, 9.17) is 11.6 Å². The largest absolute Gasteiger partial charge is 0.416 e. The van der Waals surface area contributed by atoms with Crippen molar-refractivity contribution in [3.05, 3.63) is 29.3 Å². The fourth-order valence-corrected chi connectivity index (χ4v) is 2.40. The molecule has 1 aromatic carbocycles. The van der Waals surface area contributed by atoms with E-state index in [1.165, 1.54) is 25.0 Å². The van der Waals surface area contributed by atoms with Crippen molar-refractivity contribution in [2.75, 3.05) is 18.0 Å². The third-order valence-corrected chi connectivity index (χ3v) is 3.75. The van der Waals surface area contributed by atoms with Crippen LogP contribution in [0.1, 0.15) is 30.9 Å².